The Balaban J connectivity index is 3.74. The standard InChI is InChI=1S/C10H19FNO6P/c1-10(2,3)8(13)17-6-18-9(14)12-4-7(11)5-19(15)16/h7,15-16H,4-6H2,1-3H3,(H,12,14)/t7-/m1/s1. The molecule has 0 radical (unpaired) electrons. The van der Waals surface area contributed by atoms with E-state index >= 15 is 0 Å². The molecular weight excluding hydrogens is 280 g/mol. The van der Waals surface area contributed by atoms with Crippen molar-refractivity contribution in [2.75, 3.05) is 19.5 Å². The van der Waals surface area contributed by atoms with Crippen molar-refractivity contribution in [2.45, 2.75) is 26.9 Å². The van der Waals surface area contributed by atoms with E-state index in [4.69, 9.17) is 9.79 Å². The van der Waals surface area contributed by atoms with Crippen LogP contribution in [0.4, 0.5) is 9.18 Å². The summed E-state index contributed by atoms with van der Waals surface area (Å²) in [6, 6.07) is 0. The van der Waals surface area contributed by atoms with Crippen LogP contribution in [0.1, 0.15) is 20.8 Å². The van der Waals surface area contributed by atoms with Crippen LogP contribution in [0.5, 0.6) is 0 Å². The highest BCUT2D eigenvalue weighted by atomic mass is 31.2. The van der Waals surface area contributed by atoms with Crippen molar-refractivity contribution in [1.82, 2.24) is 5.32 Å². The number of nitrogens with one attached hydrogen (secondary N) is 1. The molecule has 0 aliphatic rings. The largest absolute Gasteiger partial charge is 0.427 e. The Morgan fingerprint density at radius 3 is 2.37 bits per heavy atom. The summed E-state index contributed by atoms with van der Waals surface area (Å²) in [5.41, 5.74) is -0.705. The van der Waals surface area contributed by atoms with Crippen molar-refractivity contribution >= 4 is 20.4 Å². The maximum atomic E-state index is 13.0. The third-order valence-electron chi connectivity index (χ3n) is 1.82. The summed E-state index contributed by atoms with van der Waals surface area (Å²) < 4.78 is 22.1. The van der Waals surface area contributed by atoms with Gasteiger partial charge in [-0.15, -0.1) is 0 Å². The number of hydrogen-bond acceptors (Lipinski definition) is 6. The summed E-state index contributed by atoms with van der Waals surface area (Å²) in [6.07, 6.45) is -2.98. The first-order chi connectivity index (χ1) is 8.62. The molecule has 0 heterocycles. The molecule has 1 amide bonds. The molecule has 0 aliphatic carbocycles. The van der Waals surface area contributed by atoms with Gasteiger partial charge in [0.15, 0.2) is 8.38 Å². The van der Waals surface area contributed by atoms with E-state index in [1.807, 2.05) is 0 Å². The monoisotopic (exact) mass is 299 g/mol. The Bertz CT molecular complexity index is 307. The van der Waals surface area contributed by atoms with Crippen LogP contribution < -0.4 is 5.32 Å². The molecule has 0 bridgehead atoms. The van der Waals surface area contributed by atoms with Crippen LogP contribution in [0, 0.1) is 5.41 Å². The fraction of sp³-hybridized carbons (Fsp3) is 0.800. The third-order valence-corrected chi connectivity index (χ3v) is 2.54. The molecule has 0 aromatic carbocycles. The lowest BCUT2D eigenvalue weighted by Crippen LogP contribution is -2.33. The van der Waals surface area contributed by atoms with E-state index in [0.29, 0.717) is 0 Å². The Labute approximate surface area is 112 Å². The average Bonchev–Trinajstić information content (AvgIpc) is 2.24. The molecule has 1 atom stereocenters. The number of carbonyl (C=O) groups is 2. The highest BCUT2D eigenvalue weighted by Crippen LogP contribution is 2.24. The molecular formula is C10H19FNO6P. The predicted molar refractivity (Wildman–Crippen MR) is 66.0 cm³/mol. The summed E-state index contributed by atoms with van der Waals surface area (Å²) >= 11 is 0. The molecule has 0 spiro atoms. The van der Waals surface area contributed by atoms with Gasteiger partial charge in [-0.05, 0) is 20.8 Å². The fourth-order valence-electron chi connectivity index (χ4n) is 0.840. The number of rotatable bonds is 6. The highest BCUT2D eigenvalue weighted by Gasteiger charge is 2.23. The lowest BCUT2D eigenvalue weighted by molar-refractivity contribution is -0.161. The SMILES string of the molecule is CC(C)(C)C(=O)OCOC(=O)NC[C@@H](F)CP(O)O. The number of halogens is 1. The van der Waals surface area contributed by atoms with Gasteiger partial charge in [-0.1, -0.05) is 0 Å². The van der Waals surface area contributed by atoms with E-state index in [9.17, 15) is 14.0 Å². The Morgan fingerprint density at radius 1 is 1.32 bits per heavy atom. The van der Waals surface area contributed by atoms with E-state index in [2.05, 4.69) is 14.8 Å². The zero-order chi connectivity index (χ0) is 15.1. The minimum atomic E-state index is -2.34. The number of hydrogen-bond donors (Lipinski definition) is 3. The molecule has 0 saturated carbocycles. The molecule has 9 heteroatoms. The third kappa shape index (κ3) is 9.58. The quantitative estimate of drug-likeness (QED) is 0.382. The van der Waals surface area contributed by atoms with Crippen molar-refractivity contribution in [1.29, 1.82) is 0 Å². The molecule has 3 N–H and O–H groups in total. The second-order valence-corrected chi connectivity index (χ2v) is 5.87. The maximum absolute atomic E-state index is 13.0. The Morgan fingerprint density at radius 2 is 1.89 bits per heavy atom. The van der Waals surface area contributed by atoms with Crippen molar-refractivity contribution in [3.05, 3.63) is 0 Å². The molecule has 7 nitrogen and oxygen atoms in total. The van der Waals surface area contributed by atoms with Gasteiger partial charge in [0.1, 0.15) is 6.17 Å². The van der Waals surface area contributed by atoms with E-state index in [1.54, 1.807) is 20.8 Å². The van der Waals surface area contributed by atoms with Gasteiger partial charge >= 0.3 is 12.1 Å². The van der Waals surface area contributed by atoms with E-state index < -0.39 is 51.5 Å². The number of ether oxygens (including phenoxy) is 2. The molecule has 0 aliphatic heterocycles. The summed E-state index contributed by atoms with van der Waals surface area (Å²) in [7, 11) is -2.34. The number of alkyl halides is 1. The van der Waals surface area contributed by atoms with Crippen LogP contribution in [0.3, 0.4) is 0 Å². The first kappa shape index (κ1) is 18.0. The van der Waals surface area contributed by atoms with Gasteiger partial charge < -0.3 is 24.6 Å². The number of amides is 1. The first-order valence-corrected chi connectivity index (χ1v) is 6.93. The molecule has 0 aromatic heterocycles. The van der Waals surface area contributed by atoms with Crippen LogP contribution in [0.25, 0.3) is 0 Å². The maximum Gasteiger partial charge on any atom is 0.410 e. The van der Waals surface area contributed by atoms with Crippen molar-refractivity contribution < 1.29 is 33.2 Å². The molecule has 0 unspecified atom stereocenters. The summed E-state index contributed by atoms with van der Waals surface area (Å²) in [6.45, 7) is 3.96. The highest BCUT2D eigenvalue weighted by molar-refractivity contribution is 7.45. The van der Waals surface area contributed by atoms with Crippen LogP contribution in [-0.2, 0) is 14.3 Å². The van der Waals surface area contributed by atoms with Gasteiger partial charge in [0.05, 0.1) is 18.1 Å². The second-order valence-electron chi connectivity index (χ2n) is 4.76. The van der Waals surface area contributed by atoms with Gasteiger partial charge in [-0.3, -0.25) is 4.79 Å². The van der Waals surface area contributed by atoms with Gasteiger partial charge in [0, 0.05) is 0 Å². The molecule has 0 aromatic rings. The lowest BCUT2D eigenvalue weighted by atomic mass is 9.98. The zero-order valence-electron chi connectivity index (χ0n) is 11.1. The van der Waals surface area contributed by atoms with Crippen LogP contribution in [0.15, 0.2) is 0 Å². The van der Waals surface area contributed by atoms with Crippen LogP contribution in [-0.4, -0.2) is 47.5 Å². The van der Waals surface area contributed by atoms with Gasteiger partial charge in [0.25, 0.3) is 0 Å². The van der Waals surface area contributed by atoms with E-state index in [1.165, 1.54) is 0 Å². The summed E-state index contributed by atoms with van der Waals surface area (Å²) in [5, 5.41) is 2.06. The second kappa shape index (κ2) is 8.24. The van der Waals surface area contributed by atoms with Crippen molar-refractivity contribution in [3.8, 4) is 0 Å². The van der Waals surface area contributed by atoms with Gasteiger partial charge in [-0.25, -0.2) is 9.18 Å². The molecule has 0 fully saturated rings. The number of esters is 1. The molecule has 0 saturated heterocycles. The van der Waals surface area contributed by atoms with E-state index in [-0.39, 0.29) is 0 Å². The topological polar surface area (TPSA) is 105 Å². The minimum absolute atomic E-state index is 0.411. The summed E-state index contributed by atoms with van der Waals surface area (Å²) in [5.74, 6) is -0.533. The van der Waals surface area contributed by atoms with Gasteiger partial charge in [0.2, 0.25) is 6.79 Å². The molecule has 19 heavy (non-hydrogen) atoms. The molecule has 112 valence electrons. The van der Waals surface area contributed by atoms with Gasteiger partial charge in [-0.2, -0.15) is 0 Å². The number of carbonyl (C=O) groups excluding carboxylic acids is 2. The lowest BCUT2D eigenvalue weighted by Gasteiger charge is -2.16. The van der Waals surface area contributed by atoms with Crippen LogP contribution >= 0.6 is 8.38 Å². The smallest absolute Gasteiger partial charge is 0.410 e. The van der Waals surface area contributed by atoms with E-state index in [0.717, 1.165) is 0 Å². The number of alkyl carbamates (subject to hydrolysis) is 1. The Hall–Kier alpha value is -0.980. The Kier molecular flexibility index (Phi) is 7.82. The normalized spacial score (nSPS) is 13.0. The summed E-state index contributed by atoms with van der Waals surface area (Å²) in [4.78, 5) is 39.4. The first-order valence-electron chi connectivity index (χ1n) is 5.50. The zero-order valence-corrected chi connectivity index (χ0v) is 11.9. The van der Waals surface area contributed by atoms with Crippen molar-refractivity contribution in [3.63, 3.8) is 0 Å². The minimum Gasteiger partial charge on any atom is -0.427 e. The fourth-order valence-corrected chi connectivity index (χ4v) is 1.32. The molecule has 0 rings (SSSR count). The predicted octanol–water partition coefficient (Wildman–Crippen LogP) is 0.894. The van der Waals surface area contributed by atoms with Crippen molar-refractivity contribution in [2.24, 2.45) is 5.41 Å². The average molecular weight is 299 g/mol. The van der Waals surface area contributed by atoms with Crippen LogP contribution in [0.2, 0.25) is 0 Å².